The highest BCUT2D eigenvalue weighted by atomic mass is 16.4. The molecule has 1 saturated heterocycles. The molecule has 1 aromatic carbocycles. The van der Waals surface area contributed by atoms with Gasteiger partial charge in [0, 0.05) is 18.2 Å². The Bertz CT molecular complexity index is 541. The Morgan fingerprint density at radius 3 is 2.77 bits per heavy atom. The maximum Gasteiger partial charge on any atom is 0.303 e. The Hall–Kier alpha value is -1.55. The van der Waals surface area contributed by atoms with E-state index < -0.39 is 5.97 Å². The van der Waals surface area contributed by atoms with Gasteiger partial charge in [0.25, 0.3) is 0 Å². The Morgan fingerprint density at radius 2 is 2.00 bits per heavy atom. The summed E-state index contributed by atoms with van der Waals surface area (Å²) in [7, 11) is 0. The fraction of sp³-hybridized carbons (Fsp3) is 0.611. The third kappa shape index (κ3) is 2.98. The number of aliphatic carboxylic acids is 1. The second kappa shape index (κ2) is 6.29. The van der Waals surface area contributed by atoms with Crippen molar-refractivity contribution in [1.82, 2.24) is 4.90 Å². The molecule has 22 heavy (non-hydrogen) atoms. The molecule has 1 aromatic rings. The van der Waals surface area contributed by atoms with Gasteiger partial charge in [-0.05, 0) is 43.7 Å². The van der Waals surface area contributed by atoms with E-state index >= 15 is 0 Å². The largest absolute Gasteiger partial charge is 0.508 e. The van der Waals surface area contributed by atoms with Crippen LogP contribution >= 0.6 is 0 Å². The number of phenolic OH excluding ortho intramolecular Hbond substituents is 1. The van der Waals surface area contributed by atoms with E-state index in [1.54, 1.807) is 6.07 Å². The van der Waals surface area contributed by atoms with Crippen molar-refractivity contribution in [2.24, 2.45) is 5.41 Å². The molecule has 0 aromatic heterocycles. The molecule has 1 aliphatic carbocycles. The summed E-state index contributed by atoms with van der Waals surface area (Å²) in [6, 6.07) is 7.82. The van der Waals surface area contributed by atoms with Gasteiger partial charge in [-0.1, -0.05) is 31.0 Å². The van der Waals surface area contributed by atoms with E-state index in [-0.39, 0.29) is 11.8 Å². The molecule has 2 fully saturated rings. The van der Waals surface area contributed by atoms with Crippen molar-refractivity contribution >= 4 is 5.97 Å². The number of carbonyl (C=O) groups is 1. The van der Waals surface area contributed by atoms with Gasteiger partial charge in [0.15, 0.2) is 0 Å². The number of phenols is 1. The molecule has 4 nitrogen and oxygen atoms in total. The van der Waals surface area contributed by atoms with Crippen LogP contribution in [0.5, 0.6) is 5.75 Å². The van der Waals surface area contributed by atoms with Gasteiger partial charge in [-0.2, -0.15) is 0 Å². The summed E-state index contributed by atoms with van der Waals surface area (Å²) in [5.74, 6) is -0.330. The highest BCUT2D eigenvalue weighted by molar-refractivity contribution is 5.68. The van der Waals surface area contributed by atoms with Crippen molar-refractivity contribution in [3.8, 4) is 5.75 Å². The summed E-state index contributed by atoms with van der Waals surface area (Å²) in [6.45, 7) is 1.72. The molecular formula is C18H25NO3. The number of aromatic hydroxyl groups is 1. The smallest absolute Gasteiger partial charge is 0.303 e. The fourth-order valence-electron chi connectivity index (χ4n) is 4.59. The predicted octanol–water partition coefficient (Wildman–Crippen LogP) is 3.39. The van der Waals surface area contributed by atoms with Crippen LogP contribution in [0, 0.1) is 5.41 Å². The Kier molecular flexibility index (Phi) is 4.39. The molecule has 4 heteroatoms. The quantitative estimate of drug-likeness (QED) is 0.895. The number of hydrogen-bond donors (Lipinski definition) is 2. The molecule has 1 aliphatic heterocycles. The highest BCUT2D eigenvalue weighted by Gasteiger charge is 2.46. The molecular weight excluding hydrogens is 278 g/mol. The molecule has 1 heterocycles. The topological polar surface area (TPSA) is 60.8 Å². The monoisotopic (exact) mass is 303 g/mol. The van der Waals surface area contributed by atoms with Gasteiger partial charge in [0.2, 0.25) is 0 Å². The second-order valence-corrected chi connectivity index (χ2v) is 6.90. The molecule has 0 radical (unpaired) electrons. The van der Waals surface area contributed by atoms with E-state index in [2.05, 4.69) is 4.90 Å². The Labute approximate surface area is 131 Å². The van der Waals surface area contributed by atoms with E-state index in [1.165, 1.54) is 6.42 Å². The number of carboxylic acid groups (broad SMARTS) is 1. The standard InChI is InChI=1S/C18H25NO3/c20-15-7-2-1-6-14(15)13-19-11-5-10-18(12-17(21)22)9-4-3-8-16(18)19/h1-2,6-7,16,20H,3-5,8-13H2,(H,21,22)/t16-,18-/m1/s1. The van der Waals surface area contributed by atoms with Gasteiger partial charge in [-0.3, -0.25) is 9.69 Å². The van der Waals surface area contributed by atoms with E-state index in [9.17, 15) is 15.0 Å². The molecule has 1 saturated carbocycles. The minimum Gasteiger partial charge on any atom is -0.508 e. The molecule has 0 unspecified atom stereocenters. The lowest BCUT2D eigenvalue weighted by Crippen LogP contribution is -2.54. The van der Waals surface area contributed by atoms with Crippen LogP contribution in [0.1, 0.15) is 50.5 Å². The van der Waals surface area contributed by atoms with Crippen molar-refractivity contribution in [1.29, 1.82) is 0 Å². The molecule has 2 N–H and O–H groups in total. The van der Waals surface area contributed by atoms with Crippen molar-refractivity contribution in [2.45, 2.75) is 57.5 Å². The number of benzene rings is 1. The number of carboxylic acids is 1. The number of rotatable bonds is 4. The highest BCUT2D eigenvalue weighted by Crippen LogP contribution is 2.48. The summed E-state index contributed by atoms with van der Waals surface area (Å²) >= 11 is 0. The first-order chi connectivity index (χ1) is 10.6. The number of hydrogen-bond acceptors (Lipinski definition) is 3. The zero-order valence-electron chi connectivity index (χ0n) is 13.0. The van der Waals surface area contributed by atoms with Gasteiger partial charge >= 0.3 is 5.97 Å². The van der Waals surface area contributed by atoms with Crippen molar-refractivity contribution < 1.29 is 15.0 Å². The fourth-order valence-corrected chi connectivity index (χ4v) is 4.59. The Balaban J connectivity index is 1.82. The van der Waals surface area contributed by atoms with E-state index in [0.29, 0.717) is 11.8 Å². The van der Waals surface area contributed by atoms with Gasteiger partial charge in [0.1, 0.15) is 5.75 Å². The normalized spacial score (nSPS) is 29.0. The lowest BCUT2D eigenvalue weighted by molar-refractivity contribution is -0.144. The van der Waals surface area contributed by atoms with Crippen LogP contribution in [0.25, 0.3) is 0 Å². The van der Waals surface area contributed by atoms with Crippen molar-refractivity contribution in [2.75, 3.05) is 6.54 Å². The number of fused-ring (bicyclic) bond motifs is 1. The summed E-state index contributed by atoms with van der Waals surface area (Å²) < 4.78 is 0. The first kappa shape index (κ1) is 15.3. The van der Waals surface area contributed by atoms with Crippen LogP contribution in [-0.4, -0.2) is 33.7 Å². The lowest BCUT2D eigenvalue weighted by atomic mass is 9.63. The summed E-state index contributed by atoms with van der Waals surface area (Å²) in [4.78, 5) is 13.8. The van der Waals surface area contributed by atoms with E-state index in [4.69, 9.17) is 0 Å². The average molecular weight is 303 g/mol. The maximum absolute atomic E-state index is 11.4. The van der Waals surface area contributed by atoms with Gasteiger partial charge in [-0.25, -0.2) is 0 Å². The van der Waals surface area contributed by atoms with Crippen molar-refractivity contribution in [3.63, 3.8) is 0 Å². The first-order valence-electron chi connectivity index (χ1n) is 8.33. The predicted molar refractivity (Wildman–Crippen MR) is 84.7 cm³/mol. The zero-order chi connectivity index (χ0) is 15.6. The summed E-state index contributed by atoms with van der Waals surface area (Å²) in [5, 5.41) is 19.4. The lowest BCUT2D eigenvalue weighted by Gasteiger charge is -2.52. The molecule has 0 amide bonds. The average Bonchev–Trinajstić information content (AvgIpc) is 2.49. The summed E-state index contributed by atoms with van der Waals surface area (Å²) in [6.07, 6.45) is 6.81. The van der Waals surface area contributed by atoms with Crippen LogP contribution in [0.2, 0.25) is 0 Å². The van der Waals surface area contributed by atoms with Crippen LogP contribution in [0.15, 0.2) is 24.3 Å². The minimum absolute atomic E-state index is 0.0628. The minimum atomic E-state index is -0.670. The van der Waals surface area contributed by atoms with Crippen LogP contribution in [-0.2, 0) is 11.3 Å². The van der Waals surface area contributed by atoms with Gasteiger partial charge in [-0.15, -0.1) is 0 Å². The molecule has 0 spiro atoms. The zero-order valence-corrected chi connectivity index (χ0v) is 13.0. The summed E-state index contributed by atoms with van der Waals surface area (Å²) in [5.41, 5.74) is 0.881. The molecule has 3 rings (SSSR count). The Morgan fingerprint density at radius 1 is 1.23 bits per heavy atom. The number of nitrogens with zero attached hydrogens (tertiary/aromatic N) is 1. The maximum atomic E-state index is 11.4. The second-order valence-electron chi connectivity index (χ2n) is 6.90. The first-order valence-corrected chi connectivity index (χ1v) is 8.33. The third-order valence-corrected chi connectivity index (χ3v) is 5.54. The van der Waals surface area contributed by atoms with Gasteiger partial charge < -0.3 is 10.2 Å². The molecule has 2 atom stereocenters. The molecule has 120 valence electrons. The number of para-hydroxylation sites is 1. The van der Waals surface area contributed by atoms with E-state index in [0.717, 1.165) is 50.8 Å². The van der Waals surface area contributed by atoms with Gasteiger partial charge in [0.05, 0.1) is 6.42 Å². The van der Waals surface area contributed by atoms with Crippen LogP contribution in [0.3, 0.4) is 0 Å². The van der Waals surface area contributed by atoms with Crippen LogP contribution < -0.4 is 0 Å². The molecule has 2 aliphatic rings. The third-order valence-electron chi connectivity index (χ3n) is 5.54. The van der Waals surface area contributed by atoms with Crippen molar-refractivity contribution in [3.05, 3.63) is 29.8 Å². The SMILES string of the molecule is O=C(O)C[C@]12CCCC[C@H]1N(Cc1ccccc1O)CCC2. The van der Waals surface area contributed by atoms with E-state index in [1.807, 2.05) is 18.2 Å². The molecule has 0 bridgehead atoms. The number of likely N-dealkylation sites (tertiary alicyclic amines) is 1. The number of piperidine rings is 1. The van der Waals surface area contributed by atoms with Crippen LogP contribution in [0.4, 0.5) is 0 Å².